The van der Waals surface area contributed by atoms with Gasteiger partial charge in [0.2, 0.25) is 5.91 Å². The van der Waals surface area contributed by atoms with Crippen molar-refractivity contribution in [3.8, 4) is 17.2 Å². The first-order chi connectivity index (χ1) is 15.5. The Morgan fingerprint density at radius 3 is 2.31 bits per heavy atom. The van der Waals surface area contributed by atoms with Gasteiger partial charge in [0.1, 0.15) is 5.75 Å². The van der Waals surface area contributed by atoms with Crippen LogP contribution in [0, 0.1) is 0 Å². The number of hydrogen-bond donors (Lipinski definition) is 1. The van der Waals surface area contributed by atoms with E-state index in [-0.39, 0.29) is 29.9 Å². The molecule has 0 bridgehead atoms. The van der Waals surface area contributed by atoms with Crippen LogP contribution in [0.3, 0.4) is 0 Å². The van der Waals surface area contributed by atoms with Gasteiger partial charge in [0, 0.05) is 30.0 Å². The molecule has 0 fully saturated rings. The monoisotopic (exact) mass is 435 g/mol. The Hall–Kier alpha value is -3.28. The van der Waals surface area contributed by atoms with Gasteiger partial charge in [-0.3, -0.25) is 9.59 Å². The van der Waals surface area contributed by atoms with E-state index in [1.165, 1.54) is 0 Å². The second-order valence-electron chi connectivity index (χ2n) is 8.26. The number of methoxy groups -OCH3 is 2. The zero-order chi connectivity index (χ0) is 22.7. The quantitative estimate of drug-likeness (QED) is 0.693. The molecule has 2 aliphatic rings. The van der Waals surface area contributed by atoms with E-state index in [0.29, 0.717) is 30.9 Å². The predicted molar refractivity (Wildman–Crippen MR) is 121 cm³/mol. The standard InChI is InChI=1S/C26H29NO5/c1-4-11-32-19-8-5-16(6-9-19)18-12-21-26(22(28)13-18)20(15-25(29)27-21)17-7-10-23(30-2)24(14-17)31-3/h5-10,14,18,20H,4,11-13,15H2,1-3H3,(H,27,29). The summed E-state index contributed by atoms with van der Waals surface area (Å²) in [5.41, 5.74) is 3.43. The Labute approximate surface area is 188 Å². The number of carbonyl (C=O) groups is 2. The Morgan fingerprint density at radius 2 is 1.62 bits per heavy atom. The van der Waals surface area contributed by atoms with Gasteiger partial charge < -0.3 is 19.5 Å². The van der Waals surface area contributed by atoms with Crippen LogP contribution in [0.5, 0.6) is 17.2 Å². The maximum atomic E-state index is 13.3. The summed E-state index contributed by atoms with van der Waals surface area (Å²) in [4.78, 5) is 25.8. The lowest BCUT2D eigenvalue weighted by Gasteiger charge is -2.34. The van der Waals surface area contributed by atoms with E-state index >= 15 is 0 Å². The van der Waals surface area contributed by atoms with Crippen molar-refractivity contribution in [2.24, 2.45) is 0 Å². The third-order valence-corrected chi connectivity index (χ3v) is 6.17. The molecule has 0 saturated heterocycles. The molecule has 0 aromatic heterocycles. The minimum absolute atomic E-state index is 0.0333. The molecule has 0 saturated carbocycles. The number of hydrogen-bond acceptors (Lipinski definition) is 5. The van der Waals surface area contributed by atoms with Crippen molar-refractivity contribution in [1.82, 2.24) is 5.32 Å². The van der Waals surface area contributed by atoms with Gasteiger partial charge in [-0.1, -0.05) is 25.1 Å². The lowest BCUT2D eigenvalue weighted by molar-refractivity contribution is -0.122. The fourth-order valence-electron chi connectivity index (χ4n) is 4.61. The van der Waals surface area contributed by atoms with Gasteiger partial charge in [0.05, 0.1) is 20.8 Å². The molecule has 32 heavy (non-hydrogen) atoms. The Balaban J connectivity index is 1.62. The van der Waals surface area contributed by atoms with Crippen molar-refractivity contribution in [3.05, 3.63) is 64.9 Å². The molecule has 4 rings (SSSR count). The first-order valence-corrected chi connectivity index (χ1v) is 11.0. The SMILES string of the molecule is CCCOc1ccc(C2CC(=O)C3=C(C2)NC(=O)CC3c2ccc(OC)c(OC)c2)cc1. The van der Waals surface area contributed by atoms with Crippen molar-refractivity contribution in [1.29, 1.82) is 0 Å². The topological polar surface area (TPSA) is 73.9 Å². The molecule has 168 valence electrons. The van der Waals surface area contributed by atoms with Crippen molar-refractivity contribution >= 4 is 11.7 Å². The molecule has 1 aliphatic carbocycles. The number of amides is 1. The fourth-order valence-corrected chi connectivity index (χ4v) is 4.61. The van der Waals surface area contributed by atoms with Crippen LogP contribution in [-0.2, 0) is 9.59 Å². The fraction of sp³-hybridized carbons (Fsp3) is 0.385. The molecule has 2 aromatic rings. The van der Waals surface area contributed by atoms with Crippen LogP contribution in [0.15, 0.2) is 53.7 Å². The van der Waals surface area contributed by atoms with Gasteiger partial charge in [-0.25, -0.2) is 0 Å². The second-order valence-corrected chi connectivity index (χ2v) is 8.26. The number of Topliss-reactive ketones (excluding diaryl/α,β-unsaturated/α-hetero) is 1. The maximum absolute atomic E-state index is 13.3. The zero-order valence-corrected chi connectivity index (χ0v) is 18.8. The second kappa shape index (κ2) is 9.47. The summed E-state index contributed by atoms with van der Waals surface area (Å²) in [5, 5.41) is 2.98. The minimum atomic E-state index is -0.281. The van der Waals surface area contributed by atoms with Crippen molar-refractivity contribution in [2.75, 3.05) is 20.8 Å². The Kier molecular flexibility index (Phi) is 6.49. The highest BCUT2D eigenvalue weighted by Crippen LogP contribution is 2.44. The van der Waals surface area contributed by atoms with E-state index in [0.717, 1.165) is 34.6 Å². The van der Waals surface area contributed by atoms with Gasteiger partial charge in [-0.15, -0.1) is 0 Å². The molecule has 1 N–H and O–H groups in total. The van der Waals surface area contributed by atoms with Crippen molar-refractivity contribution in [3.63, 3.8) is 0 Å². The Bertz CT molecular complexity index is 1040. The van der Waals surface area contributed by atoms with Crippen LogP contribution in [-0.4, -0.2) is 32.5 Å². The van der Waals surface area contributed by atoms with E-state index in [1.54, 1.807) is 14.2 Å². The molecule has 1 amide bonds. The Morgan fingerprint density at radius 1 is 0.906 bits per heavy atom. The number of benzene rings is 2. The largest absolute Gasteiger partial charge is 0.494 e. The van der Waals surface area contributed by atoms with Gasteiger partial charge >= 0.3 is 0 Å². The lowest BCUT2D eigenvalue weighted by atomic mass is 9.73. The third-order valence-electron chi connectivity index (χ3n) is 6.17. The van der Waals surface area contributed by atoms with Crippen molar-refractivity contribution < 1.29 is 23.8 Å². The molecule has 0 radical (unpaired) electrons. The highest BCUT2D eigenvalue weighted by atomic mass is 16.5. The average Bonchev–Trinajstić information content (AvgIpc) is 2.81. The first kappa shape index (κ1) is 21.9. The van der Waals surface area contributed by atoms with Crippen LogP contribution in [0.25, 0.3) is 0 Å². The summed E-state index contributed by atoms with van der Waals surface area (Å²) >= 11 is 0. The molecule has 2 aromatic carbocycles. The predicted octanol–water partition coefficient (Wildman–Crippen LogP) is 4.50. The number of carbonyl (C=O) groups excluding carboxylic acids is 2. The summed E-state index contributed by atoms with van der Waals surface area (Å²) < 4.78 is 16.4. The van der Waals surface area contributed by atoms with E-state index in [2.05, 4.69) is 12.2 Å². The third kappa shape index (κ3) is 4.35. The summed E-state index contributed by atoms with van der Waals surface area (Å²) in [6.45, 7) is 2.75. The summed E-state index contributed by atoms with van der Waals surface area (Å²) in [5.74, 6) is 1.80. The van der Waals surface area contributed by atoms with Crippen LogP contribution < -0.4 is 19.5 Å². The van der Waals surface area contributed by atoms with Crippen LogP contribution in [0.1, 0.15) is 55.6 Å². The average molecular weight is 436 g/mol. The van der Waals surface area contributed by atoms with E-state index in [4.69, 9.17) is 14.2 Å². The van der Waals surface area contributed by atoms with Crippen molar-refractivity contribution in [2.45, 2.75) is 44.4 Å². The number of allylic oxidation sites excluding steroid dienone is 2. The molecule has 0 spiro atoms. The maximum Gasteiger partial charge on any atom is 0.225 e. The summed E-state index contributed by atoms with van der Waals surface area (Å²) in [6.07, 6.45) is 2.25. The lowest BCUT2D eigenvalue weighted by Crippen LogP contribution is -2.38. The van der Waals surface area contributed by atoms with E-state index < -0.39 is 0 Å². The van der Waals surface area contributed by atoms with Crippen LogP contribution >= 0.6 is 0 Å². The summed E-state index contributed by atoms with van der Waals surface area (Å²) in [6, 6.07) is 13.5. The highest BCUT2D eigenvalue weighted by Gasteiger charge is 2.38. The number of rotatable bonds is 7. The highest BCUT2D eigenvalue weighted by molar-refractivity contribution is 6.02. The summed E-state index contributed by atoms with van der Waals surface area (Å²) in [7, 11) is 3.16. The number of ketones is 1. The van der Waals surface area contributed by atoms with Gasteiger partial charge in [0.25, 0.3) is 0 Å². The van der Waals surface area contributed by atoms with Gasteiger partial charge in [-0.05, 0) is 54.2 Å². The van der Waals surface area contributed by atoms with E-state index in [9.17, 15) is 9.59 Å². The minimum Gasteiger partial charge on any atom is -0.494 e. The van der Waals surface area contributed by atoms with E-state index in [1.807, 2.05) is 42.5 Å². The number of nitrogens with one attached hydrogen (secondary N) is 1. The molecular formula is C26H29NO5. The zero-order valence-electron chi connectivity index (χ0n) is 18.8. The molecule has 6 heteroatoms. The normalized spacial score (nSPS) is 20.5. The van der Waals surface area contributed by atoms with Crippen LogP contribution in [0.2, 0.25) is 0 Å². The molecule has 6 nitrogen and oxygen atoms in total. The van der Waals surface area contributed by atoms with Crippen LogP contribution in [0.4, 0.5) is 0 Å². The first-order valence-electron chi connectivity index (χ1n) is 11.0. The smallest absolute Gasteiger partial charge is 0.225 e. The molecule has 1 heterocycles. The molecule has 2 atom stereocenters. The number of ether oxygens (including phenoxy) is 3. The molecule has 1 aliphatic heterocycles. The van der Waals surface area contributed by atoms with Gasteiger partial charge in [0.15, 0.2) is 17.3 Å². The van der Waals surface area contributed by atoms with Gasteiger partial charge in [-0.2, -0.15) is 0 Å². The molecule has 2 unspecified atom stereocenters. The molecular weight excluding hydrogens is 406 g/mol.